The van der Waals surface area contributed by atoms with Crippen molar-refractivity contribution in [2.24, 2.45) is 0 Å². The van der Waals surface area contributed by atoms with E-state index in [9.17, 15) is 4.79 Å². The Labute approximate surface area is 93.6 Å². The molecule has 0 saturated carbocycles. The van der Waals surface area contributed by atoms with Gasteiger partial charge in [0, 0.05) is 6.42 Å². The summed E-state index contributed by atoms with van der Waals surface area (Å²) in [6.45, 7) is 0. The van der Waals surface area contributed by atoms with Crippen LogP contribution in [-0.4, -0.2) is 17.9 Å². The van der Waals surface area contributed by atoms with E-state index < -0.39 is 0 Å². The van der Waals surface area contributed by atoms with Crippen LogP contribution >= 0.6 is 15.9 Å². The third kappa shape index (κ3) is 6.90. The lowest BCUT2D eigenvalue weighted by molar-refractivity contribution is -0.139. The highest BCUT2D eigenvalue weighted by molar-refractivity contribution is 9.10. The first-order valence-corrected chi connectivity index (χ1v) is 5.72. The average molecular weight is 262 g/mol. The van der Waals surface area contributed by atoms with Crippen molar-refractivity contribution in [3.63, 3.8) is 0 Å². The molecule has 0 aromatic rings. The highest BCUT2D eigenvalue weighted by atomic mass is 79.9. The Morgan fingerprint density at radius 2 is 2.07 bits per heavy atom. The van der Waals surface area contributed by atoms with E-state index in [0.717, 1.165) is 32.1 Å². The summed E-state index contributed by atoms with van der Waals surface area (Å²) in [5, 5.41) is 8.30. The van der Waals surface area contributed by atoms with Gasteiger partial charge in [0.15, 0.2) is 0 Å². The maximum atomic E-state index is 11.0. The van der Waals surface area contributed by atoms with Crippen molar-refractivity contribution >= 4 is 21.9 Å². The molecule has 0 saturated heterocycles. The minimum Gasteiger partial charge on any atom is -0.468 e. The third-order valence-electron chi connectivity index (χ3n) is 1.95. The predicted molar refractivity (Wildman–Crippen MR) is 58.0 cm³/mol. The molecule has 80 valence electrons. The van der Waals surface area contributed by atoms with Crippen LogP contribution in [0.15, 0.2) is 0 Å². The maximum Gasteiger partial charge on any atom is 0.319 e. The molecule has 0 aliphatic heterocycles. The smallest absolute Gasteiger partial charge is 0.319 e. The van der Waals surface area contributed by atoms with Crippen LogP contribution in [0.3, 0.4) is 0 Å². The van der Waals surface area contributed by atoms with Gasteiger partial charge < -0.3 is 4.74 Å². The zero-order chi connectivity index (χ0) is 10.8. The molecule has 14 heavy (non-hydrogen) atoms. The number of esters is 1. The molecule has 0 amide bonds. The predicted octanol–water partition coefficient (Wildman–Crippen LogP) is 2.79. The van der Waals surface area contributed by atoms with Gasteiger partial charge in [-0.25, -0.2) is 0 Å². The molecule has 0 N–H and O–H groups in total. The molecule has 4 heteroatoms. The second-order valence-electron chi connectivity index (χ2n) is 3.10. The summed E-state index contributed by atoms with van der Waals surface area (Å²) in [6.07, 6.45) is 5.53. The molecule has 1 atom stereocenters. The SMILES string of the molecule is COC(=O)C(Br)CCCCCCC#N. The summed E-state index contributed by atoms with van der Waals surface area (Å²) in [7, 11) is 1.39. The number of methoxy groups -OCH3 is 1. The molecular formula is C10H16BrNO2. The van der Waals surface area contributed by atoms with Crippen LogP contribution in [0.5, 0.6) is 0 Å². The Kier molecular flexibility index (Phi) is 8.65. The van der Waals surface area contributed by atoms with Gasteiger partial charge in [-0.15, -0.1) is 0 Å². The van der Waals surface area contributed by atoms with Crippen molar-refractivity contribution in [2.45, 2.75) is 43.4 Å². The largest absolute Gasteiger partial charge is 0.468 e. The van der Waals surface area contributed by atoms with E-state index in [-0.39, 0.29) is 10.8 Å². The lowest BCUT2D eigenvalue weighted by Crippen LogP contribution is -2.15. The normalized spacial score (nSPS) is 11.8. The van der Waals surface area contributed by atoms with Crippen LogP contribution in [0.2, 0.25) is 0 Å². The number of nitriles is 1. The number of carbonyl (C=O) groups excluding carboxylic acids is 1. The van der Waals surface area contributed by atoms with Crippen LogP contribution in [0.4, 0.5) is 0 Å². The number of hydrogen-bond acceptors (Lipinski definition) is 3. The van der Waals surface area contributed by atoms with E-state index in [1.165, 1.54) is 7.11 Å². The molecule has 0 bridgehead atoms. The van der Waals surface area contributed by atoms with Gasteiger partial charge in [0.2, 0.25) is 0 Å². The molecule has 0 heterocycles. The maximum absolute atomic E-state index is 11.0. The third-order valence-corrected chi connectivity index (χ3v) is 2.78. The Balaban J connectivity index is 3.28. The Morgan fingerprint density at radius 3 is 2.64 bits per heavy atom. The van der Waals surface area contributed by atoms with Gasteiger partial charge in [0.25, 0.3) is 0 Å². The van der Waals surface area contributed by atoms with Crippen LogP contribution in [0.1, 0.15) is 38.5 Å². The number of ether oxygens (including phenoxy) is 1. The summed E-state index contributed by atoms with van der Waals surface area (Å²) < 4.78 is 4.58. The standard InChI is InChI=1S/C10H16BrNO2/c1-14-10(13)9(11)7-5-3-2-4-6-8-12/h9H,2-7H2,1H3. The summed E-state index contributed by atoms with van der Waals surface area (Å²) in [4.78, 5) is 10.8. The van der Waals surface area contributed by atoms with Gasteiger partial charge in [-0.3, -0.25) is 4.79 Å². The minimum atomic E-state index is -0.206. The van der Waals surface area contributed by atoms with Crippen molar-refractivity contribution in [3.05, 3.63) is 0 Å². The number of alkyl halides is 1. The molecule has 0 aliphatic rings. The molecule has 0 aromatic carbocycles. The first-order chi connectivity index (χ1) is 6.72. The second kappa shape index (κ2) is 9.01. The number of carbonyl (C=O) groups is 1. The first kappa shape index (κ1) is 13.4. The molecule has 0 spiro atoms. The van der Waals surface area contributed by atoms with Gasteiger partial charge >= 0.3 is 5.97 Å². The van der Waals surface area contributed by atoms with E-state index in [1.807, 2.05) is 0 Å². The fourth-order valence-corrected chi connectivity index (χ4v) is 1.64. The zero-order valence-electron chi connectivity index (χ0n) is 8.46. The zero-order valence-corrected chi connectivity index (χ0v) is 10.0. The first-order valence-electron chi connectivity index (χ1n) is 4.81. The molecule has 0 aromatic heterocycles. The van der Waals surface area contributed by atoms with Crippen LogP contribution in [0, 0.1) is 11.3 Å². The summed E-state index contributed by atoms with van der Waals surface area (Å²) in [5.74, 6) is -0.206. The topological polar surface area (TPSA) is 50.1 Å². The lowest BCUT2D eigenvalue weighted by atomic mass is 10.1. The van der Waals surface area contributed by atoms with Crippen molar-refractivity contribution < 1.29 is 9.53 Å². The van der Waals surface area contributed by atoms with Crippen LogP contribution < -0.4 is 0 Å². The highest BCUT2D eigenvalue weighted by Gasteiger charge is 2.13. The van der Waals surface area contributed by atoms with Crippen LogP contribution in [0.25, 0.3) is 0 Å². The van der Waals surface area contributed by atoms with E-state index in [0.29, 0.717) is 6.42 Å². The highest BCUT2D eigenvalue weighted by Crippen LogP contribution is 2.13. The van der Waals surface area contributed by atoms with E-state index in [4.69, 9.17) is 5.26 Å². The summed E-state index contributed by atoms with van der Waals surface area (Å²) in [5.41, 5.74) is 0. The van der Waals surface area contributed by atoms with E-state index >= 15 is 0 Å². The molecule has 0 radical (unpaired) electrons. The number of rotatable bonds is 7. The summed E-state index contributed by atoms with van der Waals surface area (Å²) >= 11 is 3.26. The minimum absolute atomic E-state index is 0.177. The van der Waals surface area contributed by atoms with Crippen molar-refractivity contribution in [1.29, 1.82) is 5.26 Å². The molecule has 0 aliphatic carbocycles. The molecule has 0 rings (SSSR count). The lowest BCUT2D eigenvalue weighted by Gasteiger charge is -2.06. The van der Waals surface area contributed by atoms with Gasteiger partial charge in [0.1, 0.15) is 4.83 Å². The Hall–Kier alpha value is -0.560. The monoisotopic (exact) mass is 261 g/mol. The average Bonchev–Trinajstić information content (AvgIpc) is 2.21. The van der Waals surface area contributed by atoms with Crippen molar-refractivity contribution in [1.82, 2.24) is 0 Å². The Morgan fingerprint density at radius 1 is 1.43 bits per heavy atom. The summed E-state index contributed by atoms with van der Waals surface area (Å²) in [6, 6.07) is 2.11. The quantitative estimate of drug-likeness (QED) is 0.402. The number of unbranched alkanes of at least 4 members (excludes halogenated alkanes) is 4. The molecule has 3 nitrogen and oxygen atoms in total. The van der Waals surface area contributed by atoms with Gasteiger partial charge in [-0.05, 0) is 12.8 Å². The second-order valence-corrected chi connectivity index (χ2v) is 4.21. The van der Waals surface area contributed by atoms with Gasteiger partial charge in [-0.1, -0.05) is 35.2 Å². The van der Waals surface area contributed by atoms with E-state index in [2.05, 4.69) is 26.7 Å². The molecular weight excluding hydrogens is 246 g/mol. The molecule has 1 unspecified atom stereocenters. The number of hydrogen-bond donors (Lipinski definition) is 0. The number of halogens is 1. The van der Waals surface area contributed by atoms with Gasteiger partial charge in [0.05, 0.1) is 13.2 Å². The Bertz CT molecular complexity index is 201. The fourth-order valence-electron chi connectivity index (χ4n) is 1.13. The van der Waals surface area contributed by atoms with E-state index in [1.54, 1.807) is 0 Å². The van der Waals surface area contributed by atoms with Gasteiger partial charge in [-0.2, -0.15) is 5.26 Å². The van der Waals surface area contributed by atoms with Crippen molar-refractivity contribution in [2.75, 3.05) is 7.11 Å². The van der Waals surface area contributed by atoms with Crippen molar-refractivity contribution in [3.8, 4) is 6.07 Å². The molecule has 0 fully saturated rings. The fraction of sp³-hybridized carbons (Fsp3) is 0.800. The number of nitrogens with zero attached hydrogens (tertiary/aromatic N) is 1. The van der Waals surface area contributed by atoms with Crippen LogP contribution in [-0.2, 0) is 9.53 Å².